The van der Waals surface area contributed by atoms with E-state index in [0.29, 0.717) is 6.42 Å². The van der Waals surface area contributed by atoms with Crippen LogP contribution in [0.3, 0.4) is 0 Å². The molecule has 10 heavy (non-hydrogen) atoms. The van der Waals surface area contributed by atoms with Gasteiger partial charge in [0.25, 0.3) is 0 Å². The zero-order chi connectivity index (χ0) is 7.40. The molecule has 1 heterocycles. The lowest BCUT2D eigenvalue weighted by Gasteiger charge is -1.89. The van der Waals surface area contributed by atoms with Gasteiger partial charge in [-0.05, 0) is 25.0 Å². The molecular weight excluding hydrogens is 171 g/mol. The Bertz CT molecular complexity index is 197. The SMILES string of the molecule is FCCCc1ccc(Cl)s1. The van der Waals surface area contributed by atoms with Crippen LogP contribution in [0.4, 0.5) is 4.39 Å². The Morgan fingerprint density at radius 2 is 2.30 bits per heavy atom. The smallest absolute Gasteiger partial charge is 0.0931 e. The average Bonchev–Trinajstić information content (AvgIpc) is 2.31. The summed E-state index contributed by atoms with van der Waals surface area (Å²) in [4.78, 5) is 1.17. The second-order valence-corrected chi connectivity index (χ2v) is 3.80. The normalized spacial score (nSPS) is 10.2. The van der Waals surface area contributed by atoms with Crippen molar-refractivity contribution in [3.63, 3.8) is 0 Å². The van der Waals surface area contributed by atoms with Crippen LogP contribution in [0.1, 0.15) is 11.3 Å². The zero-order valence-corrected chi connectivity index (χ0v) is 7.01. The van der Waals surface area contributed by atoms with Gasteiger partial charge in [0.2, 0.25) is 0 Å². The Kier molecular flexibility index (Phi) is 3.16. The molecule has 56 valence electrons. The van der Waals surface area contributed by atoms with E-state index in [4.69, 9.17) is 11.6 Å². The summed E-state index contributed by atoms with van der Waals surface area (Å²) >= 11 is 7.19. The van der Waals surface area contributed by atoms with Gasteiger partial charge in [-0.2, -0.15) is 0 Å². The molecule has 1 aromatic rings. The van der Waals surface area contributed by atoms with Gasteiger partial charge in [-0.3, -0.25) is 4.39 Å². The monoisotopic (exact) mass is 178 g/mol. The molecular formula is C7H8ClFS. The quantitative estimate of drug-likeness (QED) is 0.666. The highest BCUT2D eigenvalue weighted by Gasteiger charge is 1.96. The Labute approximate surface area is 68.6 Å². The summed E-state index contributed by atoms with van der Waals surface area (Å²) in [6.07, 6.45) is 1.42. The third-order valence-corrected chi connectivity index (χ3v) is 2.48. The molecule has 0 unspecified atom stereocenters. The van der Waals surface area contributed by atoms with Crippen molar-refractivity contribution in [2.45, 2.75) is 12.8 Å². The van der Waals surface area contributed by atoms with E-state index in [9.17, 15) is 4.39 Å². The van der Waals surface area contributed by atoms with Crippen LogP contribution in [0.15, 0.2) is 12.1 Å². The van der Waals surface area contributed by atoms with Crippen LogP contribution in [-0.4, -0.2) is 6.67 Å². The fourth-order valence-electron chi connectivity index (χ4n) is 0.727. The predicted octanol–water partition coefficient (Wildman–Crippen LogP) is 3.30. The highest BCUT2D eigenvalue weighted by molar-refractivity contribution is 7.16. The number of hydrogen-bond donors (Lipinski definition) is 0. The van der Waals surface area contributed by atoms with E-state index in [1.807, 2.05) is 12.1 Å². The minimum atomic E-state index is -0.241. The lowest BCUT2D eigenvalue weighted by molar-refractivity contribution is 0.474. The summed E-state index contributed by atoms with van der Waals surface area (Å²) in [5, 5.41) is 0. The Balaban J connectivity index is 2.42. The van der Waals surface area contributed by atoms with Crippen molar-refractivity contribution in [2.24, 2.45) is 0 Å². The van der Waals surface area contributed by atoms with E-state index in [0.717, 1.165) is 10.8 Å². The van der Waals surface area contributed by atoms with Gasteiger partial charge in [-0.25, -0.2) is 0 Å². The Hall–Kier alpha value is -0.0800. The highest BCUT2D eigenvalue weighted by atomic mass is 35.5. The molecule has 0 saturated heterocycles. The molecule has 0 aliphatic heterocycles. The molecule has 0 aliphatic rings. The first-order valence-corrected chi connectivity index (χ1v) is 4.32. The summed E-state index contributed by atoms with van der Waals surface area (Å²) < 4.78 is 12.4. The summed E-state index contributed by atoms with van der Waals surface area (Å²) in [5.41, 5.74) is 0. The van der Waals surface area contributed by atoms with Crippen molar-refractivity contribution in [1.29, 1.82) is 0 Å². The Morgan fingerprint density at radius 3 is 2.80 bits per heavy atom. The minimum absolute atomic E-state index is 0.241. The molecule has 3 heteroatoms. The predicted molar refractivity (Wildman–Crippen MR) is 43.6 cm³/mol. The molecule has 0 aliphatic carbocycles. The lowest BCUT2D eigenvalue weighted by atomic mass is 10.3. The van der Waals surface area contributed by atoms with Crippen LogP contribution in [-0.2, 0) is 6.42 Å². The van der Waals surface area contributed by atoms with Crippen molar-refractivity contribution in [1.82, 2.24) is 0 Å². The molecule has 0 atom stereocenters. The largest absolute Gasteiger partial charge is 0.251 e. The van der Waals surface area contributed by atoms with E-state index in [1.54, 1.807) is 0 Å². The zero-order valence-electron chi connectivity index (χ0n) is 5.44. The summed E-state index contributed by atoms with van der Waals surface area (Å²) in [5.74, 6) is 0. The van der Waals surface area contributed by atoms with Crippen molar-refractivity contribution in [2.75, 3.05) is 6.67 Å². The summed E-state index contributed by atoms with van der Waals surface area (Å²) in [6, 6.07) is 3.79. The molecule has 0 aromatic carbocycles. The van der Waals surface area contributed by atoms with Crippen molar-refractivity contribution < 1.29 is 4.39 Å². The highest BCUT2D eigenvalue weighted by Crippen LogP contribution is 2.22. The molecule has 0 amide bonds. The topological polar surface area (TPSA) is 0 Å². The van der Waals surface area contributed by atoms with Gasteiger partial charge in [0.05, 0.1) is 11.0 Å². The maximum absolute atomic E-state index is 11.7. The second-order valence-electron chi connectivity index (χ2n) is 2.00. The number of hydrogen-bond acceptors (Lipinski definition) is 1. The summed E-state index contributed by atoms with van der Waals surface area (Å²) in [7, 11) is 0. The van der Waals surface area contributed by atoms with E-state index in [-0.39, 0.29) is 6.67 Å². The average molecular weight is 179 g/mol. The van der Waals surface area contributed by atoms with E-state index >= 15 is 0 Å². The molecule has 0 N–H and O–H groups in total. The van der Waals surface area contributed by atoms with Crippen molar-refractivity contribution >= 4 is 22.9 Å². The van der Waals surface area contributed by atoms with E-state index < -0.39 is 0 Å². The van der Waals surface area contributed by atoms with Gasteiger partial charge in [-0.1, -0.05) is 11.6 Å². The third-order valence-electron chi connectivity index (χ3n) is 1.19. The molecule has 0 nitrogen and oxygen atoms in total. The van der Waals surface area contributed by atoms with Gasteiger partial charge in [0.1, 0.15) is 0 Å². The van der Waals surface area contributed by atoms with Crippen LogP contribution < -0.4 is 0 Å². The van der Waals surface area contributed by atoms with Crippen molar-refractivity contribution in [3.8, 4) is 0 Å². The van der Waals surface area contributed by atoms with E-state index in [1.165, 1.54) is 16.2 Å². The van der Waals surface area contributed by atoms with Crippen LogP contribution in [0.5, 0.6) is 0 Å². The molecule has 1 rings (SSSR count). The van der Waals surface area contributed by atoms with E-state index in [2.05, 4.69) is 0 Å². The van der Waals surface area contributed by atoms with Gasteiger partial charge < -0.3 is 0 Å². The number of alkyl halides is 1. The standard InChI is InChI=1S/C7H8ClFS/c8-7-4-3-6(10-7)2-1-5-9/h3-4H,1-2,5H2. The van der Waals surface area contributed by atoms with Gasteiger partial charge >= 0.3 is 0 Å². The number of rotatable bonds is 3. The summed E-state index contributed by atoms with van der Waals surface area (Å²) in [6.45, 7) is -0.241. The van der Waals surface area contributed by atoms with Gasteiger partial charge in [-0.15, -0.1) is 11.3 Å². The van der Waals surface area contributed by atoms with Gasteiger partial charge in [0, 0.05) is 4.88 Å². The first-order valence-electron chi connectivity index (χ1n) is 3.13. The first-order chi connectivity index (χ1) is 4.83. The molecule has 0 bridgehead atoms. The molecule has 1 aromatic heterocycles. The van der Waals surface area contributed by atoms with Crippen LogP contribution in [0, 0.1) is 0 Å². The number of aryl methyl sites for hydroxylation is 1. The Morgan fingerprint density at radius 1 is 1.50 bits per heavy atom. The maximum Gasteiger partial charge on any atom is 0.0931 e. The van der Waals surface area contributed by atoms with Crippen LogP contribution in [0.25, 0.3) is 0 Å². The first kappa shape index (κ1) is 8.02. The van der Waals surface area contributed by atoms with Gasteiger partial charge in [0.15, 0.2) is 0 Å². The lowest BCUT2D eigenvalue weighted by Crippen LogP contribution is -1.80. The number of thiophene rings is 1. The second kappa shape index (κ2) is 3.94. The molecule has 0 spiro atoms. The fraction of sp³-hybridized carbons (Fsp3) is 0.429. The van der Waals surface area contributed by atoms with Crippen molar-refractivity contribution in [3.05, 3.63) is 21.3 Å². The van der Waals surface area contributed by atoms with Crippen LogP contribution >= 0.6 is 22.9 Å². The molecule has 0 saturated carbocycles. The van der Waals surface area contributed by atoms with Crippen LogP contribution in [0.2, 0.25) is 4.34 Å². The minimum Gasteiger partial charge on any atom is -0.251 e. The molecule has 0 fully saturated rings. The third kappa shape index (κ3) is 2.27. The maximum atomic E-state index is 11.7. The fourth-order valence-corrected chi connectivity index (χ4v) is 1.86. The number of halogens is 2. The molecule has 0 radical (unpaired) electrons.